The monoisotopic (exact) mass is 494 g/mol. The first-order chi connectivity index (χ1) is 17.7. The van der Waals surface area contributed by atoms with E-state index in [-0.39, 0.29) is 16.5 Å². The molecule has 37 heavy (non-hydrogen) atoms. The number of hydrogen-bond acceptors (Lipinski definition) is 5. The Morgan fingerprint density at radius 3 is 1.97 bits per heavy atom. The van der Waals surface area contributed by atoms with Crippen LogP contribution in [0.4, 0.5) is 0 Å². The second kappa shape index (κ2) is 9.24. The van der Waals surface area contributed by atoms with Gasteiger partial charge in [-0.3, -0.25) is 5.21 Å². The molecule has 1 aliphatic carbocycles. The fraction of sp³-hybridized carbons (Fsp3) is 0.233. The van der Waals surface area contributed by atoms with Gasteiger partial charge in [-0.05, 0) is 40.8 Å². The molecule has 2 unspecified atom stereocenters. The minimum Gasteiger partial charge on any atom is -0.497 e. The molecule has 3 aromatic carbocycles. The van der Waals surface area contributed by atoms with Crippen molar-refractivity contribution in [1.82, 2.24) is 15.0 Å². The number of methoxy groups -OCH3 is 1. The van der Waals surface area contributed by atoms with Crippen LogP contribution in [0.3, 0.4) is 0 Å². The molecule has 1 aromatic heterocycles. The summed E-state index contributed by atoms with van der Waals surface area (Å²) < 4.78 is 5.45. The molecule has 7 nitrogen and oxygen atoms in total. The van der Waals surface area contributed by atoms with Gasteiger partial charge >= 0.3 is 0 Å². The van der Waals surface area contributed by atoms with Crippen LogP contribution in [0, 0.1) is 16.5 Å². The van der Waals surface area contributed by atoms with Gasteiger partial charge in [-0.15, -0.1) is 0 Å². The molecule has 1 aliphatic rings. The first-order valence-corrected chi connectivity index (χ1v) is 12.2. The number of hydrogen-bond donors (Lipinski definition) is 1. The lowest BCUT2D eigenvalue weighted by Crippen LogP contribution is -2.45. The molecule has 1 heterocycles. The minimum atomic E-state index is -0.908. The van der Waals surface area contributed by atoms with Crippen LogP contribution >= 0.6 is 0 Å². The zero-order valence-electron chi connectivity index (χ0n) is 21.4. The van der Waals surface area contributed by atoms with Crippen LogP contribution in [0.15, 0.2) is 103 Å². The molecule has 2 atom stereocenters. The number of ether oxygens (including phenoxy) is 1. The quantitative estimate of drug-likeness (QED) is 0.218. The Kier molecular flexibility index (Phi) is 6.07. The van der Waals surface area contributed by atoms with E-state index in [4.69, 9.17) is 14.9 Å². The maximum absolute atomic E-state index is 12.1. The molecule has 0 aliphatic heterocycles. The van der Waals surface area contributed by atoms with Crippen molar-refractivity contribution in [2.75, 3.05) is 7.11 Å². The summed E-state index contributed by atoms with van der Waals surface area (Å²) in [5.41, 5.74) is 3.13. The molecule has 0 fully saturated rings. The van der Waals surface area contributed by atoms with Gasteiger partial charge in [-0.2, -0.15) is 15.0 Å². The van der Waals surface area contributed by atoms with Crippen molar-refractivity contribution in [3.05, 3.63) is 119 Å². The van der Waals surface area contributed by atoms with Crippen molar-refractivity contribution in [3.8, 4) is 5.75 Å². The first-order valence-electron chi connectivity index (χ1n) is 12.2. The number of aromatic nitrogens is 3. The predicted molar refractivity (Wildman–Crippen MR) is 144 cm³/mol. The van der Waals surface area contributed by atoms with Gasteiger partial charge in [0.25, 0.3) is 5.71 Å². The van der Waals surface area contributed by atoms with Crippen molar-refractivity contribution in [2.45, 2.75) is 26.3 Å². The number of fused-ring (bicyclic) bond motifs is 1. The van der Waals surface area contributed by atoms with Crippen molar-refractivity contribution < 1.29 is 14.8 Å². The smallest absolute Gasteiger partial charge is 0.270 e. The maximum Gasteiger partial charge on any atom is 0.270 e. The van der Waals surface area contributed by atoms with Gasteiger partial charge < -0.3 is 9.94 Å². The molecule has 0 amide bonds. The van der Waals surface area contributed by atoms with Crippen LogP contribution < -0.4 is 4.74 Å². The van der Waals surface area contributed by atoms with Crippen molar-refractivity contribution in [3.63, 3.8) is 0 Å². The lowest BCUT2D eigenvalue weighted by molar-refractivity contribution is -0.725. The Morgan fingerprint density at radius 1 is 0.865 bits per heavy atom. The summed E-state index contributed by atoms with van der Waals surface area (Å²) in [6.45, 7) is 6.07. The number of rotatable bonds is 5. The molecule has 4 aromatic rings. The molecule has 0 bridgehead atoms. The third-order valence-corrected chi connectivity index (χ3v) is 6.93. The standard InChI is InChI=1S/C30H30N4O3/c1-29(2,3)25-20-23(16-19-28(25)33(35)36)30(21-10-6-5-7-11-21,22-14-17-24(37-4)18-15-22)34-31-26-12-8-9-13-27(26)32-34/h5-20,23H,1-4H3,(H,35,36). The van der Waals surface area contributed by atoms with E-state index in [1.807, 2.05) is 93.6 Å². The Labute approximate surface area is 216 Å². The largest absolute Gasteiger partial charge is 0.497 e. The van der Waals surface area contributed by atoms with Gasteiger partial charge in [0.15, 0.2) is 0 Å². The van der Waals surface area contributed by atoms with E-state index < -0.39 is 11.0 Å². The summed E-state index contributed by atoms with van der Waals surface area (Å²) in [6.07, 6.45) is 5.70. The molecule has 0 saturated heterocycles. The zero-order chi connectivity index (χ0) is 26.2. The van der Waals surface area contributed by atoms with Crippen LogP contribution in [0.5, 0.6) is 5.75 Å². The highest BCUT2D eigenvalue weighted by atomic mass is 16.8. The minimum absolute atomic E-state index is 0.0537. The molecule has 0 spiro atoms. The summed E-state index contributed by atoms with van der Waals surface area (Å²) in [4.78, 5) is 1.74. The summed E-state index contributed by atoms with van der Waals surface area (Å²) in [5, 5.41) is 32.0. The predicted octanol–water partition coefficient (Wildman–Crippen LogP) is 5.73. The highest BCUT2D eigenvalue weighted by Crippen LogP contribution is 2.45. The van der Waals surface area contributed by atoms with Gasteiger partial charge in [-0.1, -0.05) is 87.5 Å². The normalized spacial score (nSPS) is 18.8. The van der Waals surface area contributed by atoms with E-state index in [1.165, 1.54) is 0 Å². The third-order valence-electron chi connectivity index (χ3n) is 6.93. The topological polar surface area (TPSA) is 86.2 Å². The second-order valence-electron chi connectivity index (χ2n) is 10.2. The molecule has 7 heteroatoms. The fourth-order valence-electron chi connectivity index (χ4n) is 5.14. The Balaban J connectivity index is 1.88. The zero-order valence-corrected chi connectivity index (χ0v) is 21.4. The van der Waals surface area contributed by atoms with Crippen LogP contribution in [0.2, 0.25) is 0 Å². The van der Waals surface area contributed by atoms with Gasteiger partial charge in [0.1, 0.15) is 22.3 Å². The highest BCUT2D eigenvalue weighted by molar-refractivity contribution is 6.06. The van der Waals surface area contributed by atoms with E-state index >= 15 is 0 Å². The fourth-order valence-corrected chi connectivity index (χ4v) is 5.14. The van der Waals surface area contributed by atoms with E-state index in [1.54, 1.807) is 18.0 Å². The number of nitrogens with zero attached hydrogens (tertiary/aromatic N) is 4. The van der Waals surface area contributed by atoms with Crippen LogP contribution in [-0.4, -0.2) is 37.9 Å². The van der Waals surface area contributed by atoms with Crippen LogP contribution in [0.25, 0.3) is 11.0 Å². The number of allylic oxidation sites excluding steroid dienone is 4. The molecule has 188 valence electrons. The molecular formula is C30H30N4O3. The molecule has 5 rings (SSSR count). The third kappa shape index (κ3) is 4.16. The van der Waals surface area contributed by atoms with Gasteiger partial charge in [0, 0.05) is 22.5 Å². The molecule has 0 saturated carbocycles. The molecule has 1 N–H and O–H groups in total. The average molecular weight is 495 g/mol. The van der Waals surface area contributed by atoms with Gasteiger partial charge in [0.2, 0.25) is 0 Å². The lowest BCUT2D eigenvalue weighted by Gasteiger charge is -2.40. The molecule has 0 radical (unpaired) electrons. The van der Waals surface area contributed by atoms with Crippen molar-refractivity contribution in [2.24, 2.45) is 11.3 Å². The first kappa shape index (κ1) is 24.3. The summed E-state index contributed by atoms with van der Waals surface area (Å²) in [5.74, 6) is 0.440. The van der Waals surface area contributed by atoms with Crippen LogP contribution in [0.1, 0.15) is 31.9 Å². The Hall–Kier alpha value is -4.39. The van der Waals surface area contributed by atoms with Gasteiger partial charge in [0.05, 0.1) is 7.11 Å². The second-order valence-corrected chi connectivity index (χ2v) is 10.2. The SMILES string of the molecule is COc1ccc(C(c2ccccc2)(C2C=C/C(=[N+](/[O-])O)C(C(C)(C)C)=C2)n2nc3ccccc3n2)cc1. The highest BCUT2D eigenvalue weighted by Gasteiger charge is 2.47. The lowest BCUT2D eigenvalue weighted by atomic mass is 9.68. The Bertz CT molecular complexity index is 1470. The van der Waals surface area contributed by atoms with Crippen molar-refractivity contribution >= 4 is 16.7 Å². The molecular weight excluding hydrogens is 464 g/mol. The summed E-state index contributed by atoms with van der Waals surface area (Å²) in [6, 6.07) is 25.8. The Morgan fingerprint density at radius 2 is 1.43 bits per heavy atom. The van der Waals surface area contributed by atoms with Crippen molar-refractivity contribution in [1.29, 1.82) is 0 Å². The maximum atomic E-state index is 12.1. The summed E-state index contributed by atoms with van der Waals surface area (Å²) in [7, 11) is 1.64. The number of benzene rings is 3. The van der Waals surface area contributed by atoms with Crippen LogP contribution in [-0.2, 0) is 5.54 Å². The van der Waals surface area contributed by atoms with Gasteiger partial charge in [-0.25, -0.2) is 0 Å². The van der Waals surface area contributed by atoms with E-state index in [9.17, 15) is 10.4 Å². The van der Waals surface area contributed by atoms with E-state index in [0.29, 0.717) is 0 Å². The average Bonchev–Trinajstić information content (AvgIpc) is 3.34. The van der Waals surface area contributed by atoms with E-state index in [2.05, 4.69) is 18.2 Å². The van der Waals surface area contributed by atoms with E-state index in [0.717, 1.165) is 33.5 Å². The summed E-state index contributed by atoms with van der Waals surface area (Å²) >= 11 is 0.